The molecule has 0 saturated carbocycles. The van der Waals surface area contributed by atoms with Gasteiger partial charge in [-0.3, -0.25) is 4.68 Å². The molecule has 0 aliphatic carbocycles. The molecule has 2 heterocycles. The van der Waals surface area contributed by atoms with E-state index in [0.29, 0.717) is 27.8 Å². The third-order valence-corrected chi connectivity index (χ3v) is 6.37. The third kappa shape index (κ3) is 6.40. The lowest BCUT2D eigenvalue weighted by Gasteiger charge is -2.09. The highest BCUT2D eigenvalue weighted by molar-refractivity contribution is 9.10. The van der Waals surface area contributed by atoms with Crippen molar-refractivity contribution in [3.05, 3.63) is 62.6 Å². The molecule has 11 heteroatoms. The summed E-state index contributed by atoms with van der Waals surface area (Å²) in [5.41, 5.74) is 1.85. The minimum Gasteiger partial charge on any atom is -0.462 e. The van der Waals surface area contributed by atoms with Gasteiger partial charge < -0.3 is 20.1 Å². The van der Waals surface area contributed by atoms with Crippen molar-refractivity contribution < 1.29 is 19.1 Å². The monoisotopic (exact) mass is 550 g/mol. The minimum absolute atomic E-state index is 0.209. The molecule has 2 N–H and O–H groups in total. The zero-order valence-electron chi connectivity index (χ0n) is 18.3. The number of esters is 2. The molecular formula is C22H23BrN4O4S2. The van der Waals surface area contributed by atoms with Crippen LogP contribution in [0.4, 0.5) is 10.8 Å². The van der Waals surface area contributed by atoms with E-state index < -0.39 is 11.9 Å². The first-order chi connectivity index (χ1) is 15.8. The molecule has 0 saturated heterocycles. The predicted octanol–water partition coefficient (Wildman–Crippen LogP) is 5.23. The Balaban J connectivity index is 1.73. The van der Waals surface area contributed by atoms with Crippen molar-refractivity contribution in [3.63, 3.8) is 0 Å². The number of nitrogens with zero attached hydrogens (tertiary/aromatic N) is 2. The second-order valence-corrected chi connectivity index (χ2v) is 9.15. The van der Waals surface area contributed by atoms with Gasteiger partial charge in [-0.05, 0) is 56.2 Å². The largest absolute Gasteiger partial charge is 0.462 e. The fourth-order valence-electron chi connectivity index (χ4n) is 2.99. The summed E-state index contributed by atoms with van der Waals surface area (Å²) in [5, 5.41) is 11.1. The summed E-state index contributed by atoms with van der Waals surface area (Å²) >= 11 is 9.93. The fraction of sp³-hybridized carbons (Fsp3) is 0.273. The summed E-state index contributed by atoms with van der Waals surface area (Å²) in [6.07, 6.45) is 1.84. The van der Waals surface area contributed by atoms with Crippen molar-refractivity contribution in [1.29, 1.82) is 0 Å². The number of thiophene rings is 1. The molecule has 174 valence electrons. The molecule has 0 atom stereocenters. The Hall–Kier alpha value is -2.76. The van der Waals surface area contributed by atoms with Gasteiger partial charge in [-0.25, -0.2) is 9.59 Å². The van der Waals surface area contributed by atoms with Crippen LogP contribution >= 0.6 is 39.5 Å². The lowest BCUT2D eigenvalue weighted by molar-refractivity contribution is 0.0527. The standard InChI is InChI=1S/C22H23BrN4O4S2/c1-4-30-20(28)17-13(3)18(21(29)31-5-2)33-19(17)25-22(32)24-16-10-11-27(26-16)12-14-6-8-15(23)9-7-14/h6-11H,4-5,12H2,1-3H3,(H2,24,25,26,32). The molecule has 0 spiro atoms. The summed E-state index contributed by atoms with van der Waals surface area (Å²) < 4.78 is 13.1. The summed E-state index contributed by atoms with van der Waals surface area (Å²) in [5.74, 6) is -0.490. The molecule has 0 unspecified atom stereocenters. The van der Waals surface area contributed by atoms with Crippen LogP contribution in [0.1, 0.15) is 45.0 Å². The molecule has 33 heavy (non-hydrogen) atoms. The normalized spacial score (nSPS) is 10.5. The van der Waals surface area contributed by atoms with E-state index in [0.717, 1.165) is 21.4 Å². The maximum absolute atomic E-state index is 12.5. The Labute approximate surface area is 209 Å². The van der Waals surface area contributed by atoms with Crippen LogP contribution in [-0.4, -0.2) is 40.0 Å². The molecule has 0 bridgehead atoms. The maximum atomic E-state index is 12.5. The Kier molecular flexibility index (Phi) is 8.59. The molecule has 3 aromatic rings. The number of hydrogen-bond donors (Lipinski definition) is 2. The Bertz CT molecular complexity index is 1160. The van der Waals surface area contributed by atoms with Crippen LogP contribution in [0.3, 0.4) is 0 Å². The first-order valence-electron chi connectivity index (χ1n) is 10.2. The smallest absolute Gasteiger partial charge is 0.348 e. The second kappa shape index (κ2) is 11.4. The number of nitrogens with one attached hydrogen (secondary N) is 2. The van der Waals surface area contributed by atoms with Gasteiger partial charge in [-0.2, -0.15) is 5.10 Å². The van der Waals surface area contributed by atoms with Crippen molar-refractivity contribution in [2.24, 2.45) is 0 Å². The number of benzene rings is 1. The highest BCUT2D eigenvalue weighted by atomic mass is 79.9. The molecule has 0 amide bonds. The Morgan fingerprint density at radius 1 is 1.09 bits per heavy atom. The zero-order chi connectivity index (χ0) is 24.0. The highest BCUT2D eigenvalue weighted by Crippen LogP contribution is 2.34. The van der Waals surface area contributed by atoms with Crippen LogP contribution in [0.2, 0.25) is 0 Å². The number of ether oxygens (including phenoxy) is 2. The zero-order valence-corrected chi connectivity index (χ0v) is 21.5. The van der Waals surface area contributed by atoms with E-state index in [1.54, 1.807) is 31.5 Å². The van der Waals surface area contributed by atoms with Gasteiger partial charge in [0.05, 0.1) is 25.3 Å². The van der Waals surface area contributed by atoms with Gasteiger partial charge in [-0.15, -0.1) is 11.3 Å². The highest BCUT2D eigenvalue weighted by Gasteiger charge is 2.27. The average Bonchev–Trinajstić information content (AvgIpc) is 3.33. The first-order valence-corrected chi connectivity index (χ1v) is 12.2. The molecule has 8 nitrogen and oxygen atoms in total. The van der Waals surface area contributed by atoms with E-state index in [-0.39, 0.29) is 23.9 Å². The van der Waals surface area contributed by atoms with Crippen LogP contribution in [0.25, 0.3) is 0 Å². The van der Waals surface area contributed by atoms with Gasteiger partial charge in [-0.1, -0.05) is 28.1 Å². The van der Waals surface area contributed by atoms with E-state index in [1.807, 2.05) is 30.5 Å². The van der Waals surface area contributed by atoms with Gasteiger partial charge in [0.1, 0.15) is 9.88 Å². The van der Waals surface area contributed by atoms with E-state index in [2.05, 4.69) is 31.7 Å². The molecular weight excluding hydrogens is 528 g/mol. The van der Waals surface area contributed by atoms with Crippen LogP contribution in [0.5, 0.6) is 0 Å². The fourth-order valence-corrected chi connectivity index (χ4v) is 4.61. The van der Waals surface area contributed by atoms with Crippen molar-refractivity contribution in [2.45, 2.75) is 27.3 Å². The molecule has 0 fully saturated rings. The van der Waals surface area contributed by atoms with Crippen molar-refractivity contribution in [2.75, 3.05) is 23.8 Å². The Morgan fingerprint density at radius 3 is 2.42 bits per heavy atom. The summed E-state index contributed by atoms with van der Waals surface area (Å²) in [4.78, 5) is 25.2. The van der Waals surface area contributed by atoms with Gasteiger partial charge >= 0.3 is 11.9 Å². The molecule has 0 aliphatic rings. The first kappa shape index (κ1) is 24.9. The number of hydrogen-bond acceptors (Lipinski definition) is 7. The molecule has 1 aromatic carbocycles. The minimum atomic E-state index is -0.536. The molecule has 0 radical (unpaired) electrons. The van der Waals surface area contributed by atoms with Gasteiger partial charge in [0, 0.05) is 16.7 Å². The van der Waals surface area contributed by atoms with Gasteiger partial charge in [0.25, 0.3) is 0 Å². The predicted molar refractivity (Wildman–Crippen MR) is 136 cm³/mol. The Morgan fingerprint density at radius 2 is 1.76 bits per heavy atom. The topological polar surface area (TPSA) is 94.5 Å². The van der Waals surface area contributed by atoms with Crippen LogP contribution in [-0.2, 0) is 16.0 Å². The third-order valence-electron chi connectivity index (χ3n) is 4.45. The molecule has 0 aliphatic heterocycles. The van der Waals surface area contributed by atoms with Crippen molar-refractivity contribution in [1.82, 2.24) is 9.78 Å². The SMILES string of the molecule is CCOC(=O)c1sc(NC(=S)Nc2ccn(Cc3ccc(Br)cc3)n2)c(C(=O)OCC)c1C. The number of aromatic nitrogens is 2. The van der Waals surface area contributed by atoms with Crippen molar-refractivity contribution >= 4 is 67.4 Å². The van der Waals surface area contributed by atoms with Gasteiger partial charge in [0.2, 0.25) is 0 Å². The van der Waals surface area contributed by atoms with E-state index in [1.165, 1.54) is 0 Å². The van der Waals surface area contributed by atoms with E-state index >= 15 is 0 Å². The molecule has 3 rings (SSSR count). The van der Waals surface area contributed by atoms with E-state index in [4.69, 9.17) is 21.7 Å². The lowest BCUT2D eigenvalue weighted by Crippen LogP contribution is -2.20. The number of carbonyl (C=O) groups excluding carboxylic acids is 2. The summed E-state index contributed by atoms with van der Waals surface area (Å²) in [6.45, 7) is 6.17. The summed E-state index contributed by atoms with van der Waals surface area (Å²) in [6, 6.07) is 9.78. The average molecular weight is 551 g/mol. The van der Waals surface area contributed by atoms with Crippen LogP contribution < -0.4 is 10.6 Å². The molecule has 2 aromatic heterocycles. The number of rotatable bonds is 8. The summed E-state index contributed by atoms with van der Waals surface area (Å²) in [7, 11) is 0. The maximum Gasteiger partial charge on any atom is 0.348 e. The lowest BCUT2D eigenvalue weighted by atomic mass is 10.1. The number of thiocarbonyl (C=S) groups is 1. The van der Waals surface area contributed by atoms with Crippen LogP contribution in [0, 0.1) is 6.92 Å². The van der Waals surface area contributed by atoms with Crippen LogP contribution in [0.15, 0.2) is 41.0 Å². The van der Waals surface area contributed by atoms with E-state index in [9.17, 15) is 9.59 Å². The second-order valence-electron chi connectivity index (χ2n) is 6.81. The van der Waals surface area contributed by atoms with Gasteiger partial charge in [0.15, 0.2) is 10.9 Å². The van der Waals surface area contributed by atoms with Crippen molar-refractivity contribution in [3.8, 4) is 0 Å². The number of halogens is 1. The number of anilines is 2. The quantitative estimate of drug-likeness (QED) is 0.291. The number of carbonyl (C=O) groups is 2.